The summed E-state index contributed by atoms with van der Waals surface area (Å²) in [5.74, 6) is -1.42. The number of hydrogen-bond donors (Lipinski definition) is 5. The molecule has 0 bridgehead atoms. The number of aliphatic carboxylic acids is 1. The second-order valence-corrected chi connectivity index (χ2v) is 7.83. The van der Waals surface area contributed by atoms with Crippen LogP contribution < -0.4 is 10.6 Å². The Morgan fingerprint density at radius 2 is 1.77 bits per heavy atom. The number of aromatic amines is 2. The first kappa shape index (κ1) is 21.8. The maximum atomic E-state index is 12.7. The van der Waals surface area contributed by atoms with Crippen molar-refractivity contribution in [3.8, 4) is 0 Å². The smallest absolute Gasteiger partial charge is 0.309 e. The molecule has 0 saturated carbocycles. The van der Waals surface area contributed by atoms with Crippen molar-refractivity contribution in [1.29, 1.82) is 0 Å². The minimum Gasteiger partial charge on any atom is -0.481 e. The van der Waals surface area contributed by atoms with Crippen LogP contribution in [0.2, 0.25) is 0 Å². The van der Waals surface area contributed by atoms with E-state index in [1.54, 1.807) is 30.5 Å². The van der Waals surface area contributed by atoms with Crippen LogP contribution >= 0.6 is 0 Å². The Hall–Kier alpha value is -5.06. The van der Waals surface area contributed by atoms with Gasteiger partial charge in [-0.25, -0.2) is 9.97 Å². The minimum absolute atomic E-state index is 0.154. The Balaban J connectivity index is 1.27. The molecule has 1 aromatic carbocycles. The van der Waals surface area contributed by atoms with Crippen LogP contribution in [-0.4, -0.2) is 47.8 Å². The van der Waals surface area contributed by atoms with Gasteiger partial charge in [0.05, 0.1) is 18.3 Å². The van der Waals surface area contributed by atoms with Crippen LogP contribution in [0.25, 0.3) is 16.8 Å². The number of amides is 2. The Kier molecular flexibility index (Phi) is 5.63. The second-order valence-electron chi connectivity index (χ2n) is 7.83. The van der Waals surface area contributed by atoms with Gasteiger partial charge in [-0.2, -0.15) is 0 Å². The van der Waals surface area contributed by atoms with Crippen LogP contribution in [0.4, 0.5) is 11.9 Å². The molecule has 2 amide bonds. The van der Waals surface area contributed by atoms with Crippen LogP contribution in [0, 0.1) is 0 Å². The molecule has 0 atom stereocenters. The van der Waals surface area contributed by atoms with E-state index in [0.29, 0.717) is 22.7 Å². The molecule has 1 aliphatic rings. The third-order valence-electron chi connectivity index (χ3n) is 5.32. The molecule has 0 saturated heterocycles. The molecular formula is C24H19N7O4. The van der Waals surface area contributed by atoms with E-state index in [0.717, 1.165) is 10.8 Å². The number of carbonyl (C=O) groups excluding carboxylic acids is 2. The molecule has 4 aromatic rings. The second kappa shape index (κ2) is 9.06. The number of H-pyrrole nitrogens is 2. The quantitative estimate of drug-likeness (QED) is 0.289. The number of nitrogens with zero attached hydrogens (tertiary/aromatic N) is 3. The molecule has 5 rings (SSSR count). The number of aromatic nitrogens is 5. The van der Waals surface area contributed by atoms with Crippen molar-refractivity contribution in [3.05, 3.63) is 83.2 Å². The predicted molar refractivity (Wildman–Crippen MR) is 128 cm³/mol. The lowest BCUT2D eigenvalue weighted by Crippen LogP contribution is -2.17. The standard InChI is InChI=1S/C24H19N7O4/c32-20(33)10-16-12-26-23(27-16)30-21(34)14-6-3-7-17-18(9-14)29-24(28-17)31-22(35)19-8-13-4-1-2-5-15(13)11-25-19/h1-8,11-12H,9-10H2,(H,32,33)(H2,26,27,30,34)(H2,28,29,31,35). The summed E-state index contributed by atoms with van der Waals surface area (Å²) >= 11 is 0. The number of carbonyl (C=O) groups is 3. The number of pyridine rings is 1. The van der Waals surface area contributed by atoms with Crippen LogP contribution in [0.5, 0.6) is 0 Å². The largest absolute Gasteiger partial charge is 0.481 e. The number of anilines is 2. The highest BCUT2D eigenvalue weighted by Gasteiger charge is 2.19. The minimum atomic E-state index is -1.01. The fourth-order valence-electron chi connectivity index (χ4n) is 3.66. The topological polar surface area (TPSA) is 166 Å². The van der Waals surface area contributed by atoms with Crippen molar-refractivity contribution < 1.29 is 19.5 Å². The van der Waals surface area contributed by atoms with Crippen LogP contribution in [0.1, 0.15) is 27.6 Å². The van der Waals surface area contributed by atoms with Crippen LogP contribution in [0.15, 0.2) is 60.5 Å². The number of carboxylic acid groups (broad SMARTS) is 1. The highest BCUT2D eigenvalue weighted by molar-refractivity contribution is 6.05. The van der Waals surface area contributed by atoms with E-state index >= 15 is 0 Å². The number of rotatable bonds is 6. The van der Waals surface area contributed by atoms with Gasteiger partial charge in [0.25, 0.3) is 11.8 Å². The van der Waals surface area contributed by atoms with Crippen molar-refractivity contribution in [2.24, 2.45) is 0 Å². The summed E-state index contributed by atoms with van der Waals surface area (Å²) in [6.45, 7) is 0. The van der Waals surface area contributed by atoms with Crippen molar-refractivity contribution in [2.45, 2.75) is 12.8 Å². The summed E-state index contributed by atoms with van der Waals surface area (Å²) < 4.78 is 0. The monoisotopic (exact) mass is 469 g/mol. The first-order chi connectivity index (χ1) is 16.9. The lowest BCUT2D eigenvalue weighted by molar-refractivity contribution is -0.136. The summed E-state index contributed by atoms with van der Waals surface area (Å²) in [6.07, 6.45) is 8.08. The summed E-state index contributed by atoms with van der Waals surface area (Å²) in [7, 11) is 0. The van der Waals surface area contributed by atoms with Gasteiger partial charge in [-0.15, -0.1) is 0 Å². The molecule has 174 valence electrons. The number of nitrogens with one attached hydrogen (secondary N) is 4. The maximum Gasteiger partial charge on any atom is 0.309 e. The lowest BCUT2D eigenvalue weighted by Gasteiger charge is -2.06. The average molecular weight is 469 g/mol. The summed E-state index contributed by atoms with van der Waals surface area (Å²) in [5.41, 5.74) is 2.29. The fraction of sp³-hybridized carbons (Fsp3) is 0.0833. The van der Waals surface area contributed by atoms with E-state index in [1.165, 1.54) is 6.20 Å². The highest BCUT2D eigenvalue weighted by atomic mass is 16.4. The van der Waals surface area contributed by atoms with Gasteiger partial charge in [-0.05, 0) is 17.5 Å². The molecule has 3 heterocycles. The number of fused-ring (bicyclic) bond motifs is 2. The molecule has 0 unspecified atom stereocenters. The van der Waals surface area contributed by atoms with Crippen LogP contribution in [0.3, 0.4) is 0 Å². The van der Waals surface area contributed by atoms with Gasteiger partial charge in [0, 0.05) is 35.0 Å². The van der Waals surface area contributed by atoms with Gasteiger partial charge in [0.1, 0.15) is 5.69 Å². The number of imidazole rings is 2. The number of benzene rings is 1. The van der Waals surface area contributed by atoms with E-state index in [4.69, 9.17) is 5.11 Å². The molecule has 0 fully saturated rings. The lowest BCUT2D eigenvalue weighted by atomic mass is 10.1. The molecule has 0 spiro atoms. The van der Waals surface area contributed by atoms with Crippen molar-refractivity contribution in [3.63, 3.8) is 0 Å². The van der Waals surface area contributed by atoms with Crippen LogP contribution in [-0.2, 0) is 22.4 Å². The van der Waals surface area contributed by atoms with Gasteiger partial charge in [-0.1, -0.05) is 36.4 Å². The van der Waals surface area contributed by atoms with E-state index in [1.807, 2.05) is 24.3 Å². The zero-order valence-corrected chi connectivity index (χ0v) is 18.2. The Morgan fingerprint density at radius 3 is 2.60 bits per heavy atom. The third kappa shape index (κ3) is 4.83. The maximum absolute atomic E-state index is 12.7. The molecule has 0 aliphatic heterocycles. The molecule has 0 radical (unpaired) electrons. The van der Waals surface area contributed by atoms with E-state index in [9.17, 15) is 14.4 Å². The average Bonchev–Trinajstić information content (AvgIpc) is 3.37. The number of allylic oxidation sites excluding steroid dienone is 2. The zero-order chi connectivity index (χ0) is 24.4. The number of hydrogen-bond acceptors (Lipinski definition) is 6. The molecule has 11 heteroatoms. The molecule has 11 nitrogen and oxygen atoms in total. The first-order valence-corrected chi connectivity index (χ1v) is 10.6. The van der Waals surface area contributed by atoms with Crippen molar-refractivity contribution >= 4 is 46.5 Å². The third-order valence-corrected chi connectivity index (χ3v) is 5.32. The molecule has 3 aromatic heterocycles. The van der Waals surface area contributed by atoms with Crippen molar-refractivity contribution in [1.82, 2.24) is 24.9 Å². The van der Waals surface area contributed by atoms with Crippen molar-refractivity contribution in [2.75, 3.05) is 10.6 Å². The number of carboxylic acids is 1. The van der Waals surface area contributed by atoms with E-state index in [-0.39, 0.29) is 30.4 Å². The Labute approximate surface area is 198 Å². The first-order valence-electron chi connectivity index (χ1n) is 10.6. The fourth-order valence-corrected chi connectivity index (χ4v) is 3.66. The molecular weight excluding hydrogens is 450 g/mol. The Morgan fingerprint density at radius 1 is 0.971 bits per heavy atom. The molecule has 35 heavy (non-hydrogen) atoms. The summed E-state index contributed by atoms with van der Waals surface area (Å²) in [6, 6.07) is 9.33. The predicted octanol–water partition coefficient (Wildman–Crippen LogP) is 2.69. The molecule has 1 aliphatic carbocycles. The summed E-state index contributed by atoms with van der Waals surface area (Å²) in [4.78, 5) is 54.7. The Bertz CT molecular complexity index is 1530. The van der Waals surface area contributed by atoms with E-state index in [2.05, 4.69) is 35.6 Å². The van der Waals surface area contributed by atoms with Gasteiger partial charge in [0.15, 0.2) is 0 Å². The van der Waals surface area contributed by atoms with Gasteiger partial charge in [-0.3, -0.25) is 30.0 Å². The van der Waals surface area contributed by atoms with E-state index < -0.39 is 17.8 Å². The van der Waals surface area contributed by atoms with Gasteiger partial charge in [0.2, 0.25) is 11.9 Å². The molecule has 5 N–H and O–H groups in total. The summed E-state index contributed by atoms with van der Waals surface area (Å²) in [5, 5.41) is 16.0. The van der Waals surface area contributed by atoms with Gasteiger partial charge >= 0.3 is 5.97 Å². The zero-order valence-electron chi connectivity index (χ0n) is 18.2. The normalized spacial score (nSPS) is 12.5. The SMILES string of the molecule is O=C(O)Cc1cnc(NC(=O)C2=CC=Cc3nc(NC(=O)c4cc5ccccc5cn4)[nH]c3C2)[nH]1. The van der Waals surface area contributed by atoms with Gasteiger partial charge < -0.3 is 15.1 Å². The highest BCUT2D eigenvalue weighted by Crippen LogP contribution is 2.21.